The molecule has 2 aliphatic rings. The lowest BCUT2D eigenvalue weighted by Gasteiger charge is -2.33. The summed E-state index contributed by atoms with van der Waals surface area (Å²) in [6, 6.07) is 6.15. The molecular weight excluding hydrogens is 316 g/mol. The maximum Gasteiger partial charge on any atom is 0.236 e. The molecule has 0 bridgehead atoms. The first-order valence-corrected chi connectivity index (χ1v) is 9.36. The Hall–Kier alpha value is -1.75. The van der Waals surface area contributed by atoms with Gasteiger partial charge in [-0.05, 0) is 56.3 Å². The number of benzene rings is 1. The molecule has 0 aromatic heterocycles. The third kappa shape index (κ3) is 4.09. The first kappa shape index (κ1) is 18.1. The minimum Gasteiger partial charge on any atom is -0.497 e. The van der Waals surface area contributed by atoms with E-state index in [1.807, 2.05) is 17.0 Å². The molecular formula is C20H30N2O3. The molecule has 5 nitrogen and oxygen atoms in total. The van der Waals surface area contributed by atoms with E-state index in [-0.39, 0.29) is 11.9 Å². The fourth-order valence-corrected chi connectivity index (χ4v) is 4.16. The molecule has 0 radical (unpaired) electrons. The van der Waals surface area contributed by atoms with E-state index < -0.39 is 0 Å². The number of amides is 1. The molecule has 0 unspecified atom stereocenters. The molecule has 1 aromatic rings. The lowest BCUT2D eigenvalue weighted by atomic mass is 10.00. The van der Waals surface area contributed by atoms with Crippen LogP contribution in [0.5, 0.6) is 11.5 Å². The molecule has 1 aromatic carbocycles. The second kappa shape index (κ2) is 8.09. The average Bonchev–Trinajstić information content (AvgIpc) is 3.09. The van der Waals surface area contributed by atoms with Gasteiger partial charge in [0.1, 0.15) is 11.5 Å². The van der Waals surface area contributed by atoms with Crippen LogP contribution in [0.2, 0.25) is 0 Å². The molecule has 2 aliphatic heterocycles. The summed E-state index contributed by atoms with van der Waals surface area (Å²) in [6.07, 6.45) is 4.51. The topological polar surface area (TPSA) is 42.0 Å². The third-order valence-electron chi connectivity index (χ3n) is 5.51. The van der Waals surface area contributed by atoms with Gasteiger partial charge in [0.05, 0.1) is 20.8 Å². The van der Waals surface area contributed by atoms with Crippen molar-refractivity contribution >= 4 is 5.91 Å². The van der Waals surface area contributed by atoms with Gasteiger partial charge in [-0.25, -0.2) is 0 Å². The van der Waals surface area contributed by atoms with Crippen LogP contribution in [0.1, 0.15) is 44.2 Å². The van der Waals surface area contributed by atoms with Gasteiger partial charge in [0, 0.05) is 24.7 Å². The average molecular weight is 346 g/mol. The quantitative estimate of drug-likeness (QED) is 0.822. The summed E-state index contributed by atoms with van der Waals surface area (Å²) in [7, 11) is 3.38. The fourth-order valence-electron chi connectivity index (χ4n) is 4.16. The minimum atomic E-state index is 0.219. The van der Waals surface area contributed by atoms with Crippen LogP contribution in [-0.2, 0) is 4.79 Å². The summed E-state index contributed by atoms with van der Waals surface area (Å²) in [5.41, 5.74) is 1.12. The number of nitrogens with zero attached hydrogens (tertiary/aromatic N) is 2. The highest BCUT2D eigenvalue weighted by molar-refractivity contribution is 5.78. The third-order valence-corrected chi connectivity index (χ3v) is 5.51. The Morgan fingerprint density at radius 3 is 2.68 bits per heavy atom. The highest BCUT2D eigenvalue weighted by Gasteiger charge is 2.32. The van der Waals surface area contributed by atoms with Gasteiger partial charge in [-0.15, -0.1) is 0 Å². The maximum absolute atomic E-state index is 12.8. The highest BCUT2D eigenvalue weighted by Crippen LogP contribution is 2.38. The first-order chi connectivity index (χ1) is 12.1. The van der Waals surface area contributed by atoms with Crippen molar-refractivity contribution in [1.29, 1.82) is 0 Å². The van der Waals surface area contributed by atoms with Crippen molar-refractivity contribution in [2.75, 3.05) is 40.4 Å². The Morgan fingerprint density at radius 1 is 1.16 bits per heavy atom. The number of hydrogen-bond acceptors (Lipinski definition) is 4. The van der Waals surface area contributed by atoms with Crippen LogP contribution in [0.3, 0.4) is 0 Å². The highest BCUT2D eigenvalue weighted by atomic mass is 16.5. The molecule has 2 fully saturated rings. The summed E-state index contributed by atoms with van der Waals surface area (Å²) < 4.78 is 11.0. The lowest BCUT2D eigenvalue weighted by Crippen LogP contribution is -2.44. The van der Waals surface area contributed by atoms with E-state index in [9.17, 15) is 4.79 Å². The van der Waals surface area contributed by atoms with Gasteiger partial charge in [-0.1, -0.05) is 6.92 Å². The summed E-state index contributed by atoms with van der Waals surface area (Å²) in [6.45, 7) is 5.50. The number of ether oxygens (including phenoxy) is 2. The summed E-state index contributed by atoms with van der Waals surface area (Å²) in [5, 5.41) is 0. The Labute approximate surface area is 150 Å². The minimum absolute atomic E-state index is 0.219. The number of carbonyl (C=O) groups excluding carboxylic acids is 1. The van der Waals surface area contributed by atoms with Crippen molar-refractivity contribution in [3.63, 3.8) is 0 Å². The summed E-state index contributed by atoms with van der Waals surface area (Å²) in [4.78, 5) is 17.1. The second-order valence-electron chi connectivity index (χ2n) is 7.32. The van der Waals surface area contributed by atoms with Crippen molar-refractivity contribution < 1.29 is 14.3 Å². The van der Waals surface area contributed by atoms with Crippen LogP contribution in [-0.4, -0.2) is 56.1 Å². The Morgan fingerprint density at radius 2 is 1.96 bits per heavy atom. The van der Waals surface area contributed by atoms with E-state index >= 15 is 0 Å². The molecule has 2 heterocycles. The first-order valence-electron chi connectivity index (χ1n) is 9.36. The number of piperidine rings is 1. The molecule has 0 aliphatic carbocycles. The molecule has 1 amide bonds. The van der Waals surface area contributed by atoms with E-state index in [0.29, 0.717) is 12.5 Å². The van der Waals surface area contributed by atoms with Crippen molar-refractivity contribution in [2.24, 2.45) is 5.92 Å². The van der Waals surface area contributed by atoms with Crippen molar-refractivity contribution in [3.05, 3.63) is 23.8 Å². The van der Waals surface area contributed by atoms with Crippen LogP contribution >= 0.6 is 0 Å². The van der Waals surface area contributed by atoms with E-state index in [1.165, 1.54) is 6.42 Å². The number of hydrogen-bond donors (Lipinski definition) is 0. The van der Waals surface area contributed by atoms with Crippen molar-refractivity contribution in [2.45, 2.75) is 38.6 Å². The van der Waals surface area contributed by atoms with Gasteiger partial charge in [0.15, 0.2) is 0 Å². The van der Waals surface area contributed by atoms with Crippen LogP contribution < -0.4 is 9.47 Å². The van der Waals surface area contributed by atoms with E-state index in [4.69, 9.17) is 9.47 Å². The van der Waals surface area contributed by atoms with Gasteiger partial charge in [-0.2, -0.15) is 0 Å². The number of carbonyl (C=O) groups is 1. The molecule has 0 spiro atoms. The van der Waals surface area contributed by atoms with Gasteiger partial charge >= 0.3 is 0 Å². The zero-order valence-electron chi connectivity index (χ0n) is 15.7. The van der Waals surface area contributed by atoms with Gasteiger partial charge in [-0.3, -0.25) is 9.69 Å². The second-order valence-corrected chi connectivity index (χ2v) is 7.32. The summed E-state index contributed by atoms with van der Waals surface area (Å²) >= 11 is 0. The predicted molar refractivity (Wildman–Crippen MR) is 98.1 cm³/mol. The predicted octanol–water partition coefficient (Wildman–Crippen LogP) is 3.10. The van der Waals surface area contributed by atoms with Crippen LogP contribution in [0.15, 0.2) is 18.2 Å². The van der Waals surface area contributed by atoms with E-state index in [0.717, 1.165) is 56.0 Å². The fraction of sp³-hybridized carbons (Fsp3) is 0.650. The summed E-state index contributed by atoms with van der Waals surface area (Å²) in [5.74, 6) is 2.58. The zero-order chi connectivity index (χ0) is 17.8. The molecule has 0 saturated carbocycles. The maximum atomic E-state index is 12.8. The van der Waals surface area contributed by atoms with Crippen LogP contribution in [0.25, 0.3) is 0 Å². The Bertz CT molecular complexity index is 605. The zero-order valence-corrected chi connectivity index (χ0v) is 15.7. The largest absolute Gasteiger partial charge is 0.497 e. The van der Waals surface area contributed by atoms with Crippen LogP contribution in [0, 0.1) is 5.92 Å². The number of rotatable bonds is 5. The smallest absolute Gasteiger partial charge is 0.236 e. The molecule has 2 atom stereocenters. The van der Waals surface area contributed by atoms with E-state index in [2.05, 4.69) is 17.9 Å². The lowest BCUT2D eigenvalue weighted by molar-refractivity contribution is -0.134. The number of methoxy groups -OCH3 is 2. The molecule has 138 valence electrons. The molecule has 25 heavy (non-hydrogen) atoms. The normalized spacial score (nSPS) is 24.4. The SMILES string of the molecule is COc1ccc(OC)c([C@@H]2CCCN2CC(=O)N2CCC[C@H](C)C2)c1. The van der Waals surface area contributed by atoms with E-state index in [1.54, 1.807) is 14.2 Å². The molecule has 5 heteroatoms. The standard InChI is InChI=1S/C20H30N2O3/c1-15-6-4-11-22(13-15)20(23)14-21-10-5-7-18(21)17-12-16(24-2)8-9-19(17)25-3/h8-9,12,15,18H,4-7,10-11,13-14H2,1-3H3/t15-,18-/m0/s1. The van der Waals surface area contributed by atoms with Crippen molar-refractivity contribution in [3.8, 4) is 11.5 Å². The Kier molecular flexibility index (Phi) is 5.84. The molecule has 0 N–H and O–H groups in total. The number of likely N-dealkylation sites (tertiary alicyclic amines) is 2. The molecule has 2 saturated heterocycles. The Balaban J connectivity index is 1.73. The van der Waals surface area contributed by atoms with Crippen LogP contribution in [0.4, 0.5) is 0 Å². The van der Waals surface area contributed by atoms with Gasteiger partial charge in [0.25, 0.3) is 0 Å². The van der Waals surface area contributed by atoms with Gasteiger partial charge < -0.3 is 14.4 Å². The molecule has 3 rings (SSSR count). The monoisotopic (exact) mass is 346 g/mol. The van der Waals surface area contributed by atoms with Gasteiger partial charge in [0.2, 0.25) is 5.91 Å². The van der Waals surface area contributed by atoms with Crippen molar-refractivity contribution in [1.82, 2.24) is 9.80 Å².